The fraction of sp³-hybridized carbons (Fsp3) is 0.118. The van der Waals surface area contributed by atoms with Crippen LogP contribution in [0.5, 0.6) is 0 Å². The van der Waals surface area contributed by atoms with Crippen LogP contribution in [-0.2, 0) is 22.6 Å². The van der Waals surface area contributed by atoms with Gasteiger partial charge in [-0.3, -0.25) is 9.59 Å². The van der Waals surface area contributed by atoms with Gasteiger partial charge in [0.2, 0.25) is 0 Å². The topological polar surface area (TPSA) is 72.0 Å². The van der Waals surface area contributed by atoms with Gasteiger partial charge < -0.3 is 4.74 Å². The number of fused-ring (bicyclic) bond motifs is 1. The highest BCUT2D eigenvalue weighted by Gasteiger charge is 2.12. The van der Waals surface area contributed by atoms with E-state index in [9.17, 15) is 9.59 Å². The molecule has 116 valence electrons. The van der Waals surface area contributed by atoms with Gasteiger partial charge in [-0.1, -0.05) is 48.0 Å². The van der Waals surface area contributed by atoms with Crippen molar-refractivity contribution in [1.82, 2.24) is 10.2 Å². The SMILES string of the molecule is O=C(Cc1n[nH]c(=O)c2ccccc12)OCc1ccccc1Cl. The van der Waals surface area contributed by atoms with Crippen LogP contribution in [0.3, 0.4) is 0 Å². The molecule has 0 aliphatic rings. The summed E-state index contributed by atoms with van der Waals surface area (Å²) >= 11 is 6.02. The van der Waals surface area contributed by atoms with Crippen molar-refractivity contribution in [2.45, 2.75) is 13.0 Å². The lowest BCUT2D eigenvalue weighted by molar-refractivity contribution is -0.144. The molecule has 0 atom stereocenters. The molecule has 0 bridgehead atoms. The number of nitrogens with zero attached hydrogens (tertiary/aromatic N) is 1. The predicted molar refractivity (Wildman–Crippen MR) is 87.3 cm³/mol. The van der Waals surface area contributed by atoms with Crippen molar-refractivity contribution in [2.24, 2.45) is 0 Å². The number of aromatic amines is 1. The van der Waals surface area contributed by atoms with E-state index in [1.54, 1.807) is 36.4 Å². The summed E-state index contributed by atoms with van der Waals surface area (Å²) in [6, 6.07) is 14.2. The van der Waals surface area contributed by atoms with Crippen molar-refractivity contribution in [3.05, 3.63) is 75.2 Å². The molecule has 0 saturated carbocycles. The molecular weight excluding hydrogens is 316 g/mol. The second-order valence-corrected chi connectivity index (χ2v) is 5.38. The number of rotatable bonds is 4. The first-order valence-corrected chi connectivity index (χ1v) is 7.38. The van der Waals surface area contributed by atoms with E-state index < -0.39 is 5.97 Å². The van der Waals surface area contributed by atoms with Gasteiger partial charge in [0.1, 0.15) is 6.61 Å². The number of nitrogens with one attached hydrogen (secondary N) is 1. The van der Waals surface area contributed by atoms with Crippen molar-refractivity contribution < 1.29 is 9.53 Å². The van der Waals surface area contributed by atoms with Gasteiger partial charge in [0.15, 0.2) is 0 Å². The smallest absolute Gasteiger partial charge is 0.312 e. The summed E-state index contributed by atoms with van der Waals surface area (Å²) in [4.78, 5) is 23.7. The molecule has 0 aliphatic heterocycles. The van der Waals surface area contributed by atoms with E-state index in [2.05, 4.69) is 10.2 Å². The largest absolute Gasteiger partial charge is 0.460 e. The number of ether oxygens (including phenoxy) is 1. The number of halogens is 1. The number of esters is 1. The normalized spacial score (nSPS) is 10.7. The zero-order valence-electron chi connectivity index (χ0n) is 12.1. The first-order valence-electron chi connectivity index (χ1n) is 7.00. The zero-order valence-corrected chi connectivity index (χ0v) is 12.8. The summed E-state index contributed by atoms with van der Waals surface area (Å²) in [7, 11) is 0. The Labute approximate surface area is 136 Å². The summed E-state index contributed by atoms with van der Waals surface area (Å²) in [5.74, 6) is -0.436. The molecule has 0 amide bonds. The number of aromatic nitrogens is 2. The van der Waals surface area contributed by atoms with Crippen LogP contribution < -0.4 is 5.56 Å². The minimum atomic E-state index is -0.436. The number of carbonyl (C=O) groups excluding carboxylic acids is 1. The van der Waals surface area contributed by atoms with Crippen LogP contribution in [-0.4, -0.2) is 16.2 Å². The van der Waals surface area contributed by atoms with Gasteiger partial charge in [-0.2, -0.15) is 5.10 Å². The third-order valence-electron chi connectivity index (χ3n) is 3.43. The number of hydrogen-bond donors (Lipinski definition) is 1. The Hall–Kier alpha value is -2.66. The molecule has 1 heterocycles. The van der Waals surface area contributed by atoms with Gasteiger partial charge in [-0.05, 0) is 12.1 Å². The molecule has 3 aromatic rings. The van der Waals surface area contributed by atoms with Crippen LogP contribution in [0, 0.1) is 0 Å². The Balaban J connectivity index is 1.75. The number of H-pyrrole nitrogens is 1. The monoisotopic (exact) mass is 328 g/mol. The van der Waals surface area contributed by atoms with Crippen LogP contribution in [0.1, 0.15) is 11.3 Å². The van der Waals surface area contributed by atoms with E-state index in [0.717, 1.165) is 5.56 Å². The minimum absolute atomic E-state index is 0.0260. The molecule has 0 unspecified atom stereocenters. The Morgan fingerprint density at radius 1 is 1.09 bits per heavy atom. The quantitative estimate of drug-likeness (QED) is 0.747. The van der Waals surface area contributed by atoms with Gasteiger partial charge >= 0.3 is 5.97 Å². The maximum absolute atomic E-state index is 12.0. The highest BCUT2D eigenvalue weighted by Crippen LogP contribution is 2.17. The molecule has 6 heteroatoms. The highest BCUT2D eigenvalue weighted by atomic mass is 35.5. The second kappa shape index (κ2) is 6.62. The first-order chi connectivity index (χ1) is 11.1. The van der Waals surface area contributed by atoms with Gasteiger partial charge in [0.05, 0.1) is 17.5 Å². The molecule has 5 nitrogen and oxygen atoms in total. The van der Waals surface area contributed by atoms with Crippen molar-refractivity contribution in [3.8, 4) is 0 Å². The third kappa shape index (κ3) is 3.40. The number of hydrogen-bond acceptors (Lipinski definition) is 4. The molecule has 3 rings (SSSR count). The summed E-state index contributed by atoms with van der Waals surface area (Å²) in [6.45, 7) is 0.0970. The minimum Gasteiger partial charge on any atom is -0.460 e. The molecule has 23 heavy (non-hydrogen) atoms. The lowest BCUT2D eigenvalue weighted by Gasteiger charge is -2.07. The predicted octanol–water partition coefficient (Wildman–Crippen LogP) is 2.86. The van der Waals surface area contributed by atoms with Crippen molar-refractivity contribution >= 4 is 28.3 Å². The average molecular weight is 329 g/mol. The Bertz CT molecular complexity index is 921. The van der Waals surface area contributed by atoms with Gasteiger partial charge in [-0.25, -0.2) is 5.10 Å². The molecule has 1 N–H and O–H groups in total. The highest BCUT2D eigenvalue weighted by molar-refractivity contribution is 6.31. The maximum atomic E-state index is 12.0. The van der Waals surface area contributed by atoms with Crippen LogP contribution in [0.2, 0.25) is 5.02 Å². The van der Waals surface area contributed by atoms with E-state index in [0.29, 0.717) is 21.5 Å². The molecule has 2 aromatic carbocycles. The average Bonchev–Trinajstić information content (AvgIpc) is 2.57. The summed E-state index contributed by atoms with van der Waals surface area (Å²) in [5, 5.41) is 8.04. The molecule has 0 radical (unpaired) electrons. The van der Waals surface area contributed by atoms with E-state index in [4.69, 9.17) is 16.3 Å². The van der Waals surface area contributed by atoms with Crippen LogP contribution >= 0.6 is 11.6 Å². The zero-order chi connectivity index (χ0) is 16.2. The van der Waals surface area contributed by atoms with E-state index in [1.807, 2.05) is 12.1 Å². The standard InChI is InChI=1S/C17H13ClN2O3/c18-14-8-4-1-5-11(14)10-23-16(21)9-15-12-6-2-3-7-13(12)17(22)20-19-15/h1-8H,9-10H2,(H,20,22). The molecule has 0 fully saturated rings. The van der Waals surface area contributed by atoms with Crippen LogP contribution in [0.4, 0.5) is 0 Å². The van der Waals surface area contributed by atoms with Gasteiger partial charge in [-0.15, -0.1) is 0 Å². The van der Waals surface area contributed by atoms with Gasteiger partial charge in [0, 0.05) is 16.0 Å². The van der Waals surface area contributed by atoms with Crippen LogP contribution in [0.25, 0.3) is 10.8 Å². The Kier molecular flexibility index (Phi) is 4.39. The lowest BCUT2D eigenvalue weighted by atomic mass is 10.1. The number of carbonyl (C=O) groups is 1. The summed E-state index contributed by atoms with van der Waals surface area (Å²) in [6.07, 6.45) is -0.0260. The molecule has 0 spiro atoms. The fourth-order valence-electron chi connectivity index (χ4n) is 2.27. The Morgan fingerprint density at radius 3 is 2.57 bits per heavy atom. The fourth-order valence-corrected chi connectivity index (χ4v) is 2.46. The van der Waals surface area contributed by atoms with E-state index in [1.165, 1.54) is 0 Å². The molecule has 0 saturated heterocycles. The second-order valence-electron chi connectivity index (χ2n) is 4.97. The molecule has 1 aromatic heterocycles. The van der Waals surface area contributed by atoms with Crippen molar-refractivity contribution in [1.29, 1.82) is 0 Å². The first kappa shape index (κ1) is 15.2. The summed E-state index contributed by atoms with van der Waals surface area (Å²) < 4.78 is 5.24. The van der Waals surface area contributed by atoms with Crippen LogP contribution in [0.15, 0.2) is 53.3 Å². The van der Waals surface area contributed by atoms with Crippen molar-refractivity contribution in [2.75, 3.05) is 0 Å². The maximum Gasteiger partial charge on any atom is 0.312 e. The summed E-state index contributed by atoms with van der Waals surface area (Å²) in [5.41, 5.74) is 0.931. The van der Waals surface area contributed by atoms with Gasteiger partial charge in [0.25, 0.3) is 5.56 Å². The number of benzene rings is 2. The van der Waals surface area contributed by atoms with E-state index >= 15 is 0 Å². The molecular formula is C17H13ClN2O3. The molecule has 0 aliphatic carbocycles. The Morgan fingerprint density at radius 2 is 1.78 bits per heavy atom. The third-order valence-corrected chi connectivity index (χ3v) is 3.80. The van der Waals surface area contributed by atoms with Crippen molar-refractivity contribution in [3.63, 3.8) is 0 Å². The van der Waals surface area contributed by atoms with E-state index in [-0.39, 0.29) is 18.6 Å². The lowest BCUT2D eigenvalue weighted by Crippen LogP contribution is -2.15.